The molecule has 0 radical (unpaired) electrons. The molecule has 0 atom stereocenters. The first-order valence-corrected chi connectivity index (χ1v) is 5.74. The molecule has 2 aromatic rings. The zero-order valence-electron chi connectivity index (χ0n) is 8.34. The van der Waals surface area contributed by atoms with E-state index in [2.05, 4.69) is 21.2 Å². The molecule has 6 heteroatoms. The first-order chi connectivity index (χ1) is 8.08. The summed E-state index contributed by atoms with van der Waals surface area (Å²) in [6, 6.07) is 5.44. The number of benzene rings is 1. The van der Waals surface area contributed by atoms with Crippen LogP contribution in [-0.2, 0) is 0 Å². The standard InChI is InChI=1S/C11H6BrClFNO2/c12-7-4-6(14)5-8(13)10(7)15-11(16)9-2-1-3-17-9/h1-5H,(H,15,16). The second-order valence-electron chi connectivity index (χ2n) is 3.18. The molecule has 0 aliphatic rings. The second kappa shape index (κ2) is 4.89. The van der Waals surface area contributed by atoms with Crippen LogP contribution >= 0.6 is 27.5 Å². The van der Waals surface area contributed by atoms with Gasteiger partial charge < -0.3 is 9.73 Å². The van der Waals surface area contributed by atoms with Crippen molar-refractivity contribution in [2.75, 3.05) is 5.32 Å². The summed E-state index contributed by atoms with van der Waals surface area (Å²) >= 11 is 8.94. The van der Waals surface area contributed by atoms with Crippen LogP contribution in [0.2, 0.25) is 5.02 Å². The van der Waals surface area contributed by atoms with Crippen molar-refractivity contribution in [3.05, 3.63) is 51.6 Å². The molecule has 2 rings (SSSR count). The summed E-state index contributed by atoms with van der Waals surface area (Å²) in [7, 11) is 0. The molecule has 0 saturated heterocycles. The third-order valence-corrected chi connectivity index (χ3v) is 2.91. The molecule has 17 heavy (non-hydrogen) atoms. The SMILES string of the molecule is O=C(Nc1c(Cl)cc(F)cc1Br)c1ccco1. The predicted molar refractivity (Wildman–Crippen MR) is 65.8 cm³/mol. The lowest BCUT2D eigenvalue weighted by Gasteiger charge is -2.08. The molecule has 1 aromatic heterocycles. The highest BCUT2D eigenvalue weighted by Gasteiger charge is 2.14. The van der Waals surface area contributed by atoms with E-state index in [9.17, 15) is 9.18 Å². The maximum atomic E-state index is 13.0. The molecule has 88 valence electrons. The summed E-state index contributed by atoms with van der Waals surface area (Å²) < 4.78 is 18.3. The van der Waals surface area contributed by atoms with Crippen molar-refractivity contribution in [1.82, 2.24) is 0 Å². The van der Waals surface area contributed by atoms with Crippen LogP contribution in [0.1, 0.15) is 10.6 Å². The van der Waals surface area contributed by atoms with Crippen LogP contribution in [0.25, 0.3) is 0 Å². The molecule has 1 amide bonds. The molecule has 3 nitrogen and oxygen atoms in total. The minimum atomic E-state index is -0.488. The van der Waals surface area contributed by atoms with E-state index in [-0.39, 0.29) is 10.8 Å². The molecular formula is C11H6BrClFNO2. The molecule has 0 aliphatic carbocycles. The van der Waals surface area contributed by atoms with E-state index in [0.29, 0.717) is 10.2 Å². The largest absolute Gasteiger partial charge is 0.459 e. The fourth-order valence-electron chi connectivity index (χ4n) is 1.24. The van der Waals surface area contributed by atoms with Gasteiger partial charge >= 0.3 is 0 Å². The van der Waals surface area contributed by atoms with Crippen molar-refractivity contribution < 1.29 is 13.6 Å². The molecule has 0 aliphatic heterocycles. The number of amides is 1. The Kier molecular flexibility index (Phi) is 3.49. The Labute approximate surface area is 110 Å². The number of nitrogens with one attached hydrogen (secondary N) is 1. The van der Waals surface area contributed by atoms with Gasteiger partial charge in [-0.1, -0.05) is 11.6 Å². The van der Waals surface area contributed by atoms with Crippen LogP contribution in [-0.4, -0.2) is 5.91 Å². The Morgan fingerprint density at radius 2 is 2.24 bits per heavy atom. The highest BCUT2D eigenvalue weighted by Crippen LogP contribution is 2.32. The van der Waals surface area contributed by atoms with E-state index >= 15 is 0 Å². The monoisotopic (exact) mass is 317 g/mol. The van der Waals surface area contributed by atoms with Crippen molar-refractivity contribution in [2.24, 2.45) is 0 Å². The molecule has 1 heterocycles. The lowest BCUT2D eigenvalue weighted by molar-refractivity contribution is 0.0996. The fourth-order valence-corrected chi connectivity index (χ4v) is 2.14. The van der Waals surface area contributed by atoms with Gasteiger partial charge in [-0.05, 0) is 40.2 Å². The lowest BCUT2D eigenvalue weighted by Crippen LogP contribution is -2.11. The fraction of sp³-hybridized carbons (Fsp3) is 0. The van der Waals surface area contributed by atoms with Gasteiger partial charge in [0, 0.05) is 4.47 Å². The molecule has 1 aromatic carbocycles. The van der Waals surface area contributed by atoms with Gasteiger partial charge in [-0.2, -0.15) is 0 Å². The van der Waals surface area contributed by atoms with E-state index in [4.69, 9.17) is 16.0 Å². The Morgan fingerprint density at radius 3 is 2.82 bits per heavy atom. The van der Waals surface area contributed by atoms with Gasteiger partial charge in [0.05, 0.1) is 17.0 Å². The lowest BCUT2D eigenvalue weighted by atomic mass is 10.3. The minimum absolute atomic E-state index is 0.108. The third-order valence-electron chi connectivity index (χ3n) is 1.99. The van der Waals surface area contributed by atoms with Gasteiger partial charge in [-0.25, -0.2) is 4.39 Å². The number of anilines is 1. The second-order valence-corrected chi connectivity index (χ2v) is 4.44. The Hall–Kier alpha value is -1.33. The van der Waals surface area contributed by atoms with Crippen LogP contribution in [0.3, 0.4) is 0 Å². The van der Waals surface area contributed by atoms with E-state index in [1.165, 1.54) is 18.4 Å². The zero-order chi connectivity index (χ0) is 12.4. The number of hydrogen-bond donors (Lipinski definition) is 1. The summed E-state index contributed by atoms with van der Waals surface area (Å²) in [5.74, 6) is -0.792. The van der Waals surface area contributed by atoms with Gasteiger partial charge in [0.25, 0.3) is 5.91 Å². The smallest absolute Gasteiger partial charge is 0.291 e. The number of furan rings is 1. The summed E-state index contributed by atoms with van der Waals surface area (Å²) in [5, 5.41) is 2.64. The van der Waals surface area contributed by atoms with Crippen molar-refractivity contribution in [3.8, 4) is 0 Å². The van der Waals surface area contributed by atoms with Crippen LogP contribution in [0.15, 0.2) is 39.4 Å². The number of rotatable bonds is 2. The summed E-state index contributed by atoms with van der Waals surface area (Å²) in [6.07, 6.45) is 1.39. The van der Waals surface area contributed by atoms with Gasteiger partial charge in [0.2, 0.25) is 0 Å². The highest BCUT2D eigenvalue weighted by molar-refractivity contribution is 9.10. The quantitative estimate of drug-likeness (QED) is 0.906. The topological polar surface area (TPSA) is 42.2 Å². The van der Waals surface area contributed by atoms with Crippen LogP contribution in [0, 0.1) is 5.82 Å². The predicted octanol–water partition coefficient (Wildman–Crippen LogP) is 4.09. The average molecular weight is 319 g/mol. The van der Waals surface area contributed by atoms with Gasteiger partial charge in [-0.15, -0.1) is 0 Å². The van der Waals surface area contributed by atoms with Gasteiger partial charge in [-0.3, -0.25) is 4.79 Å². The van der Waals surface area contributed by atoms with E-state index in [1.807, 2.05) is 0 Å². The minimum Gasteiger partial charge on any atom is -0.459 e. The first kappa shape index (κ1) is 12.1. The molecule has 0 saturated carbocycles. The normalized spacial score (nSPS) is 10.3. The number of carbonyl (C=O) groups is 1. The Morgan fingerprint density at radius 1 is 1.47 bits per heavy atom. The van der Waals surface area contributed by atoms with Crippen LogP contribution in [0.4, 0.5) is 10.1 Å². The van der Waals surface area contributed by atoms with Crippen molar-refractivity contribution in [2.45, 2.75) is 0 Å². The maximum absolute atomic E-state index is 13.0. The van der Waals surface area contributed by atoms with Gasteiger partial charge in [0.15, 0.2) is 5.76 Å². The molecular weight excluding hydrogens is 312 g/mol. The molecule has 1 N–H and O–H groups in total. The summed E-state index contributed by atoms with van der Waals surface area (Å²) in [5.41, 5.74) is 0.300. The highest BCUT2D eigenvalue weighted by atomic mass is 79.9. The molecule has 0 bridgehead atoms. The number of hydrogen-bond acceptors (Lipinski definition) is 2. The first-order valence-electron chi connectivity index (χ1n) is 4.57. The Balaban J connectivity index is 2.28. The van der Waals surface area contributed by atoms with Crippen LogP contribution < -0.4 is 5.32 Å². The van der Waals surface area contributed by atoms with Gasteiger partial charge in [0.1, 0.15) is 5.82 Å². The van der Waals surface area contributed by atoms with E-state index in [1.54, 1.807) is 6.07 Å². The summed E-state index contributed by atoms with van der Waals surface area (Å²) in [6.45, 7) is 0. The molecule has 0 fully saturated rings. The number of carbonyl (C=O) groups excluding carboxylic acids is 1. The maximum Gasteiger partial charge on any atom is 0.291 e. The molecule has 0 unspecified atom stereocenters. The average Bonchev–Trinajstić information content (AvgIpc) is 2.76. The van der Waals surface area contributed by atoms with Crippen LogP contribution in [0.5, 0.6) is 0 Å². The summed E-state index contributed by atoms with van der Waals surface area (Å²) in [4.78, 5) is 11.7. The third kappa shape index (κ3) is 2.68. The number of halogens is 3. The van der Waals surface area contributed by atoms with E-state index in [0.717, 1.165) is 6.07 Å². The van der Waals surface area contributed by atoms with Crippen molar-refractivity contribution >= 4 is 39.1 Å². The van der Waals surface area contributed by atoms with Crippen molar-refractivity contribution in [1.29, 1.82) is 0 Å². The Bertz CT molecular complexity index is 534. The van der Waals surface area contributed by atoms with E-state index < -0.39 is 11.7 Å². The zero-order valence-corrected chi connectivity index (χ0v) is 10.7. The van der Waals surface area contributed by atoms with Crippen molar-refractivity contribution in [3.63, 3.8) is 0 Å². The molecule has 0 spiro atoms.